The third-order valence-electron chi connectivity index (χ3n) is 3.47. The highest BCUT2D eigenvalue weighted by molar-refractivity contribution is 5.69. The van der Waals surface area contributed by atoms with Gasteiger partial charge in [-0.25, -0.2) is 4.98 Å². The van der Waals surface area contributed by atoms with Gasteiger partial charge in [-0.3, -0.25) is 14.6 Å². The molecule has 0 amide bonds. The van der Waals surface area contributed by atoms with Crippen LogP contribution in [-0.4, -0.2) is 58.6 Å². The fourth-order valence-electron chi connectivity index (χ4n) is 2.33. The Morgan fingerprint density at radius 3 is 2.58 bits per heavy atom. The van der Waals surface area contributed by atoms with E-state index in [4.69, 9.17) is 9.52 Å². The average molecular weight is 267 g/mol. The third kappa shape index (κ3) is 4.04. The predicted octanol–water partition coefficient (Wildman–Crippen LogP) is 0.884. The quantitative estimate of drug-likeness (QED) is 0.873. The Morgan fingerprint density at radius 2 is 1.95 bits per heavy atom. The van der Waals surface area contributed by atoms with Gasteiger partial charge >= 0.3 is 5.97 Å². The lowest BCUT2D eigenvalue weighted by Crippen LogP contribution is -2.34. The van der Waals surface area contributed by atoms with Gasteiger partial charge in [-0.15, -0.1) is 0 Å². The zero-order valence-corrected chi connectivity index (χ0v) is 11.6. The van der Waals surface area contributed by atoms with Crippen LogP contribution in [0, 0.1) is 13.8 Å². The maximum atomic E-state index is 10.7. The Hall–Kier alpha value is -1.40. The lowest BCUT2D eigenvalue weighted by atomic mass is 10.4. The molecule has 1 N–H and O–H groups in total. The van der Waals surface area contributed by atoms with E-state index >= 15 is 0 Å². The van der Waals surface area contributed by atoms with Gasteiger partial charge in [0.05, 0.1) is 18.8 Å². The zero-order valence-electron chi connectivity index (χ0n) is 11.6. The highest BCUT2D eigenvalue weighted by atomic mass is 16.4. The van der Waals surface area contributed by atoms with Crippen molar-refractivity contribution in [1.82, 2.24) is 14.8 Å². The van der Waals surface area contributed by atoms with Crippen LogP contribution in [0.1, 0.15) is 23.8 Å². The molecule has 1 saturated heterocycles. The maximum Gasteiger partial charge on any atom is 0.317 e. The minimum Gasteiger partial charge on any atom is -0.480 e. The van der Waals surface area contributed by atoms with E-state index in [-0.39, 0.29) is 6.54 Å². The van der Waals surface area contributed by atoms with Gasteiger partial charge < -0.3 is 9.52 Å². The summed E-state index contributed by atoms with van der Waals surface area (Å²) in [7, 11) is 0. The van der Waals surface area contributed by atoms with Gasteiger partial charge in [0.2, 0.25) is 5.89 Å². The summed E-state index contributed by atoms with van der Waals surface area (Å²) >= 11 is 0. The zero-order chi connectivity index (χ0) is 13.8. The number of hydrogen-bond acceptors (Lipinski definition) is 5. The Kier molecular flexibility index (Phi) is 4.55. The van der Waals surface area contributed by atoms with E-state index < -0.39 is 5.97 Å². The Labute approximate surface area is 113 Å². The maximum absolute atomic E-state index is 10.7. The molecule has 0 radical (unpaired) electrons. The predicted molar refractivity (Wildman–Crippen MR) is 69.9 cm³/mol. The molecule has 0 aromatic carbocycles. The van der Waals surface area contributed by atoms with Gasteiger partial charge in [0.15, 0.2) is 0 Å². The molecular formula is C13H21N3O3. The molecule has 1 aliphatic rings. The van der Waals surface area contributed by atoms with Gasteiger partial charge in [0.1, 0.15) is 5.76 Å². The van der Waals surface area contributed by atoms with E-state index in [0.29, 0.717) is 6.54 Å². The summed E-state index contributed by atoms with van der Waals surface area (Å²) in [4.78, 5) is 19.3. The molecule has 0 unspecified atom stereocenters. The largest absolute Gasteiger partial charge is 0.480 e. The molecule has 2 rings (SSSR count). The van der Waals surface area contributed by atoms with Crippen LogP contribution >= 0.6 is 0 Å². The smallest absolute Gasteiger partial charge is 0.317 e. The number of nitrogens with zero attached hydrogens (tertiary/aromatic N) is 3. The minimum atomic E-state index is -0.757. The highest BCUT2D eigenvalue weighted by Gasteiger charge is 2.18. The molecule has 6 nitrogen and oxygen atoms in total. The molecule has 106 valence electrons. The monoisotopic (exact) mass is 267 g/mol. The van der Waals surface area contributed by atoms with Crippen molar-refractivity contribution < 1.29 is 14.3 Å². The Morgan fingerprint density at radius 1 is 1.26 bits per heavy atom. The average Bonchev–Trinajstić information content (AvgIpc) is 2.51. The molecule has 0 atom stereocenters. The van der Waals surface area contributed by atoms with Crippen molar-refractivity contribution in [3.8, 4) is 0 Å². The number of carbonyl (C=O) groups is 1. The van der Waals surface area contributed by atoms with Gasteiger partial charge in [-0.2, -0.15) is 0 Å². The van der Waals surface area contributed by atoms with Gasteiger partial charge in [-0.05, 0) is 26.8 Å². The van der Waals surface area contributed by atoms with Crippen molar-refractivity contribution in [2.75, 3.05) is 32.7 Å². The fourth-order valence-corrected chi connectivity index (χ4v) is 2.33. The first-order valence-corrected chi connectivity index (χ1v) is 6.64. The van der Waals surface area contributed by atoms with Gasteiger partial charge in [0.25, 0.3) is 0 Å². The van der Waals surface area contributed by atoms with Crippen LogP contribution in [0.15, 0.2) is 4.42 Å². The molecule has 0 aliphatic carbocycles. The summed E-state index contributed by atoms with van der Waals surface area (Å²) in [5.41, 5.74) is 0.942. The standard InChI is InChI=1S/C13H21N3O3/c1-10-11(2)19-12(14-10)8-15-4-3-5-16(7-6-15)9-13(17)18/h3-9H2,1-2H3,(H,17,18). The Bertz CT molecular complexity index is 425. The number of carboxylic acid groups (broad SMARTS) is 1. The van der Waals surface area contributed by atoms with E-state index in [2.05, 4.69) is 9.88 Å². The molecule has 0 saturated carbocycles. The summed E-state index contributed by atoms with van der Waals surface area (Å²) in [5, 5.41) is 8.81. The van der Waals surface area contributed by atoms with Crippen molar-refractivity contribution in [2.24, 2.45) is 0 Å². The van der Waals surface area contributed by atoms with Crippen LogP contribution in [0.3, 0.4) is 0 Å². The number of aromatic nitrogens is 1. The molecule has 1 fully saturated rings. The van der Waals surface area contributed by atoms with Crippen molar-refractivity contribution in [1.29, 1.82) is 0 Å². The van der Waals surface area contributed by atoms with Crippen molar-refractivity contribution >= 4 is 5.97 Å². The number of aryl methyl sites for hydroxylation is 2. The van der Waals surface area contributed by atoms with Crippen molar-refractivity contribution in [2.45, 2.75) is 26.8 Å². The lowest BCUT2D eigenvalue weighted by molar-refractivity contribution is -0.138. The van der Waals surface area contributed by atoms with E-state index in [9.17, 15) is 4.79 Å². The van der Waals surface area contributed by atoms with Crippen molar-refractivity contribution in [3.05, 3.63) is 17.3 Å². The highest BCUT2D eigenvalue weighted by Crippen LogP contribution is 2.12. The number of carboxylic acids is 1. The van der Waals surface area contributed by atoms with Gasteiger partial charge in [-0.1, -0.05) is 0 Å². The second-order valence-electron chi connectivity index (χ2n) is 5.05. The van der Waals surface area contributed by atoms with E-state index in [0.717, 1.165) is 49.9 Å². The van der Waals surface area contributed by atoms with E-state index in [1.165, 1.54) is 0 Å². The molecule has 1 aromatic heterocycles. The molecule has 2 heterocycles. The lowest BCUT2D eigenvalue weighted by Gasteiger charge is -2.19. The van der Waals surface area contributed by atoms with E-state index in [1.54, 1.807) is 0 Å². The Balaban J connectivity index is 1.87. The molecule has 1 aromatic rings. The topological polar surface area (TPSA) is 69.8 Å². The number of rotatable bonds is 4. The second-order valence-corrected chi connectivity index (χ2v) is 5.05. The van der Waals surface area contributed by atoms with Crippen LogP contribution in [0.25, 0.3) is 0 Å². The normalized spacial score (nSPS) is 18.4. The molecular weight excluding hydrogens is 246 g/mol. The van der Waals surface area contributed by atoms with Crippen LogP contribution in [-0.2, 0) is 11.3 Å². The summed E-state index contributed by atoms with van der Waals surface area (Å²) in [6.07, 6.45) is 0.978. The second kappa shape index (κ2) is 6.16. The summed E-state index contributed by atoms with van der Waals surface area (Å²) < 4.78 is 5.59. The third-order valence-corrected chi connectivity index (χ3v) is 3.47. The fraction of sp³-hybridized carbons (Fsp3) is 0.692. The first-order valence-electron chi connectivity index (χ1n) is 6.64. The number of aliphatic carboxylic acids is 1. The first kappa shape index (κ1) is 14.0. The molecule has 19 heavy (non-hydrogen) atoms. The minimum absolute atomic E-state index is 0.130. The van der Waals surface area contributed by atoms with Crippen molar-refractivity contribution in [3.63, 3.8) is 0 Å². The SMILES string of the molecule is Cc1nc(CN2CCCN(CC(=O)O)CC2)oc1C. The first-order chi connectivity index (χ1) is 9.04. The van der Waals surface area contributed by atoms with E-state index in [1.807, 2.05) is 18.7 Å². The van der Waals surface area contributed by atoms with Crippen LogP contribution < -0.4 is 0 Å². The number of hydrogen-bond donors (Lipinski definition) is 1. The number of oxazole rings is 1. The summed E-state index contributed by atoms with van der Waals surface area (Å²) in [5.74, 6) is 0.867. The van der Waals surface area contributed by atoms with Crippen LogP contribution in [0.5, 0.6) is 0 Å². The summed E-state index contributed by atoms with van der Waals surface area (Å²) in [6.45, 7) is 8.13. The van der Waals surface area contributed by atoms with Gasteiger partial charge in [0, 0.05) is 19.6 Å². The van der Waals surface area contributed by atoms with Crippen LogP contribution in [0.4, 0.5) is 0 Å². The molecule has 6 heteroatoms. The summed E-state index contributed by atoms with van der Waals surface area (Å²) in [6, 6.07) is 0. The molecule has 1 aliphatic heterocycles. The van der Waals surface area contributed by atoms with Crippen LogP contribution in [0.2, 0.25) is 0 Å². The molecule has 0 spiro atoms. The molecule has 0 bridgehead atoms.